The van der Waals surface area contributed by atoms with Gasteiger partial charge in [0, 0.05) is 24.5 Å². The standard InChI is InChI=1S/C35H37BrClN3O5S/c1-4-20-38-35(42)32(21-26-8-6-5-7-9-26)39(23-27-12-14-28(37)15-13-27)34(41)24-40(29-16-10-25(2)11-17-29)46(43,44)30-18-19-33(45-3)31(36)22-30/h5-19,22,32H,4,20-21,23-24H2,1-3H3,(H,38,42)/t32-/m1/s1. The molecule has 0 fully saturated rings. The maximum Gasteiger partial charge on any atom is 0.264 e. The third-order valence-electron chi connectivity index (χ3n) is 7.40. The Balaban J connectivity index is 1.80. The molecule has 0 aliphatic rings. The second kappa shape index (κ2) is 16.1. The van der Waals surface area contributed by atoms with Gasteiger partial charge in [0.2, 0.25) is 11.8 Å². The number of hydrogen-bond donors (Lipinski definition) is 1. The molecule has 1 atom stereocenters. The Morgan fingerprint density at radius 1 is 0.935 bits per heavy atom. The number of rotatable bonds is 14. The molecule has 4 aromatic rings. The van der Waals surface area contributed by atoms with Crippen molar-refractivity contribution in [3.63, 3.8) is 0 Å². The van der Waals surface area contributed by atoms with Crippen molar-refractivity contribution in [3.05, 3.63) is 123 Å². The highest BCUT2D eigenvalue weighted by molar-refractivity contribution is 9.10. The molecule has 8 nitrogen and oxygen atoms in total. The Bertz CT molecular complexity index is 1740. The molecule has 0 unspecified atom stereocenters. The lowest BCUT2D eigenvalue weighted by atomic mass is 10.0. The molecule has 242 valence electrons. The maximum absolute atomic E-state index is 14.5. The lowest BCUT2D eigenvalue weighted by Gasteiger charge is -2.34. The normalized spacial score (nSPS) is 11.8. The van der Waals surface area contributed by atoms with E-state index in [-0.39, 0.29) is 23.8 Å². The molecule has 0 bridgehead atoms. The van der Waals surface area contributed by atoms with E-state index in [1.54, 1.807) is 54.6 Å². The third kappa shape index (κ3) is 8.90. The van der Waals surface area contributed by atoms with Crippen LogP contribution in [0.3, 0.4) is 0 Å². The van der Waals surface area contributed by atoms with Gasteiger partial charge in [0.25, 0.3) is 10.0 Å². The fourth-order valence-electron chi connectivity index (χ4n) is 4.88. The lowest BCUT2D eigenvalue weighted by Crippen LogP contribution is -2.53. The molecule has 0 saturated heterocycles. The molecule has 1 N–H and O–H groups in total. The van der Waals surface area contributed by atoms with Crippen molar-refractivity contribution in [1.29, 1.82) is 0 Å². The van der Waals surface area contributed by atoms with Gasteiger partial charge in [0.1, 0.15) is 18.3 Å². The number of anilines is 1. The average Bonchev–Trinajstić information content (AvgIpc) is 3.05. The summed E-state index contributed by atoms with van der Waals surface area (Å²) < 4.78 is 35.3. The number of sulfonamides is 1. The zero-order chi connectivity index (χ0) is 33.3. The number of amides is 2. The van der Waals surface area contributed by atoms with Crippen molar-refractivity contribution in [2.24, 2.45) is 0 Å². The van der Waals surface area contributed by atoms with Gasteiger partial charge in [-0.2, -0.15) is 0 Å². The Labute approximate surface area is 284 Å². The first-order valence-corrected chi connectivity index (χ1v) is 17.4. The molecule has 46 heavy (non-hydrogen) atoms. The second-order valence-corrected chi connectivity index (χ2v) is 13.9. The Morgan fingerprint density at radius 3 is 2.22 bits per heavy atom. The van der Waals surface area contributed by atoms with E-state index < -0.39 is 28.5 Å². The summed E-state index contributed by atoms with van der Waals surface area (Å²) in [4.78, 5) is 29.7. The van der Waals surface area contributed by atoms with Crippen LogP contribution < -0.4 is 14.4 Å². The van der Waals surface area contributed by atoms with E-state index in [9.17, 15) is 18.0 Å². The molecule has 0 heterocycles. The van der Waals surface area contributed by atoms with E-state index in [1.165, 1.54) is 24.1 Å². The van der Waals surface area contributed by atoms with Crippen molar-refractivity contribution in [3.8, 4) is 5.75 Å². The summed E-state index contributed by atoms with van der Waals surface area (Å²) in [5, 5.41) is 3.48. The number of carbonyl (C=O) groups excluding carboxylic acids is 2. The Morgan fingerprint density at radius 2 is 1.61 bits per heavy atom. The van der Waals surface area contributed by atoms with Gasteiger partial charge in [0.05, 0.1) is 22.2 Å². The number of methoxy groups -OCH3 is 1. The summed E-state index contributed by atoms with van der Waals surface area (Å²) in [5.74, 6) is -0.399. The monoisotopic (exact) mass is 725 g/mol. The minimum absolute atomic E-state index is 0.0284. The highest BCUT2D eigenvalue weighted by Gasteiger charge is 2.34. The SMILES string of the molecule is CCCNC(=O)[C@@H](Cc1ccccc1)N(Cc1ccc(Cl)cc1)C(=O)CN(c1ccc(C)cc1)S(=O)(=O)c1ccc(OC)c(Br)c1. The lowest BCUT2D eigenvalue weighted by molar-refractivity contribution is -0.140. The van der Waals surface area contributed by atoms with Crippen molar-refractivity contribution >= 4 is 55.1 Å². The molecule has 0 aromatic heterocycles. The largest absolute Gasteiger partial charge is 0.496 e. The van der Waals surface area contributed by atoms with Crippen molar-refractivity contribution in [1.82, 2.24) is 10.2 Å². The van der Waals surface area contributed by atoms with Crippen LogP contribution in [0.25, 0.3) is 0 Å². The van der Waals surface area contributed by atoms with E-state index in [4.69, 9.17) is 16.3 Å². The molecule has 0 aliphatic heterocycles. The number of nitrogens with zero attached hydrogens (tertiary/aromatic N) is 2. The van der Waals surface area contributed by atoms with Crippen molar-refractivity contribution < 1.29 is 22.7 Å². The van der Waals surface area contributed by atoms with E-state index in [1.807, 2.05) is 44.2 Å². The van der Waals surface area contributed by atoms with Crippen LogP contribution in [0.2, 0.25) is 5.02 Å². The maximum atomic E-state index is 14.5. The molecule has 0 spiro atoms. The van der Waals surface area contributed by atoms with Gasteiger partial charge in [-0.05, 0) is 82.9 Å². The minimum atomic E-state index is -4.26. The van der Waals surface area contributed by atoms with E-state index in [0.717, 1.165) is 21.0 Å². The summed E-state index contributed by atoms with van der Waals surface area (Å²) in [5.41, 5.74) is 2.84. The second-order valence-electron chi connectivity index (χ2n) is 10.8. The van der Waals surface area contributed by atoms with Crippen molar-refractivity contribution in [2.75, 3.05) is 24.5 Å². The fourth-order valence-corrected chi connectivity index (χ4v) is 7.14. The van der Waals surface area contributed by atoms with Crippen LogP contribution in [0.1, 0.15) is 30.0 Å². The van der Waals surface area contributed by atoms with Gasteiger partial charge in [0.15, 0.2) is 0 Å². The van der Waals surface area contributed by atoms with Gasteiger partial charge >= 0.3 is 0 Å². The Kier molecular flexibility index (Phi) is 12.3. The zero-order valence-corrected chi connectivity index (χ0v) is 29.1. The van der Waals surface area contributed by atoms with Crippen LogP contribution in [0, 0.1) is 6.92 Å². The molecular weight excluding hydrogens is 690 g/mol. The molecule has 0 saturated carbocycles. The smallest absolute Gasteiger partial charge is 0.264 e. The number of carbonyl (C=O) groups is 2. The van der Waals surface area contributed by atoms with Crippen LogP contribution in [0.4, 0.5) is 5.69 Å². The minimum Gasteiger partial charge on any atom is -0.496 e. The highest BCUT2D eigenvalue weighted by atomic mass is 79.9. The molecule has 2 amide bonds. The highest BCUT2D eigenvalue weighted by Crippen LogP contribution is 2.31. The predicted octanol–water partition coefficient (Wildman–Crippen LogP) is 6.78. The number of aryl methyl sites for hydroxylation is 1. The van der Waals surface area contributed by atoms with Crippen molar-refractivity contribution in [2.45, 2.75) is 44.2 Å². The zero-order valence-electron chi connectivity index (χ0n) is 26.0. The van der Waals surface area contributed by atoms with Gasteiger partial charge < -0.3 is 15.0 Å². The number of benzene rings is 4. The number of ether oxygens (including phenoxy) is 1. The summed E-state index contributed by atoms with van der Waals surface area (Å²) >= 11 is 9.53. The molecule has 11 heteroatoms. The molecule has 4 rings (SSSR count). The van der Waals surface area contributed by atoms with Gasteiger partial charge in [-0.1, -0.05) is 78.7 Å². The molecular formula is C35H37BrClN3O5S. The van der Waals surface area contributed by atoms with Crippen LogP contribution in [0.5, 0.6) is 5.75 Å². The van der Waals surface area contributed by atoms with Crippen LogP contribution in [-0.4, -0.2) is 51.4 Å². The molecule has 4 aromatic carbocycles. The fraction of sp³-hybridized carbons (Fsp3) is 0.257. The van der Waals surface area contributed by atoms with Crippen LogP contribution in [-0.2, 0) is 32.6 Å². The number of halogens is 2. The third-order valence-corrected chi connectivity index (χ3v) is 10.0. The number of hydrogen-bond acceptors (Lipinski definition) is 5. The first-order valence-electron chi connectivity index (χ1n) is 14.8. The van der Waals surface area contributed by atoms with E-state index >= 15 is 0 Å². The van der Waals surface area contributed by atoms with Gasteiger partial charge in [-0.3, -0.25) is 13.9 Å². The quantitative estimate of drug-likeness (QED) is 0.155. The molecule has 0 radical (unpaired) electrons. The number of nitrogens with one attached hydrogen (secondary N) is 1. The summed E-state index contributed by atoms with van der Waals surface area (Å²) in [6, 6.07) is 26.8. The predicted molar refractivity (Wildman–Crippen MR) is 186 cm³/mol. The topological polar surface area (TPSA) is 96.0 Å². The molecule has 0 aliphatic carbocycles. The summed E-state index contributed by atoms with van der Waals surface area (Å²) in [6.45, 7) is 3.79. The summed E-state index contributed by atoms with van der Waals surface area (Å²) in [7, 11) is -2.77. The average molecular weight is 727 g/mol. The Hall–Kier alpha value is -3.86. The van der Waals surface area contributed by atoms with E-state index in [0.29, 0.717) is 33.9 Å². The van der Waals surface area contributed by atoms with Crippen LogP contribution >= 0.6 is 27.5 Å². The van der Waals surface area contributed by atoms with Crippen LogP contribution in [0.15, 0.2) is 106 Å². The van der Waals surface area contributed by atoms with Gasteiger partial charge in [-0.15, -0.1) is 0 Å². The first-order chi connectivity index (χ1) is 22.0. The summed E-state index contributed by atoms with van der Waals surface area (Å²) in [6.07, 6.45) is 0.949. The van der Waals surface area contributed by atoms with E-state index in [2.05, 4.69) is 21.2 Å². The van der Waals surface area contributed by atoms with Gasteiger partial charge in [-0.25, -0.2) is 8.42 Å². The first kappa shape index (κ1) is 35.0.